The van der Waals surface area contributed by atoms with Gasteiger partial charge in [-0.1, -0.05) is 37.5 Å². The number of benzene rings is 2. The Morgan fingerprint density at radius 3 is 2.42 bits per heavy atom. The highest BCUT2D eigenvalue weighted by atomic mass is 32.2. The van der Waals surface area contributed by atoms with Gasteiger partial charge in [-0.15, -0.1) is 0 Å². The van der Waals surface area contributed by atoms with E-state index >= 15 is 0 Å². The summed E-state index contributed by atoms with van der Waals surface area (Å²) in [6.45, 7) is 4.23. The molecule has 2 aromatic rings. The van der Waals surface area contributed by atoms with Gasteiger partial charge in [-0.25, -0.2) is 8.42 Å². The summed E-state index contributed by atoms with van der Waals surface area (Å²) < 4.78 is 39.5. The minimum atomic E-state index is -3.69. The molecule has 0 unspecified atom stereocenters. The van der Waals surface area contributed by atoms with E-state index in [0.717, 1.165) is 12.1 Å². The fraction of sp³-hybridized carbons (Fsp3) is 0.500. The van der Waals surface area contributed by atoms with Gasteiger partial charge in [-0.3, -0.25) is 9.62 Å². The maximum absolute atomic E-state index is 13.0. The second kappa shape index (κ2) is 11.5. The second-order valence-corrected chi connectivity index (χ2v) is 9.67. The number of nitrogens with one attached hydrogen (secondary N) is 1. The first-order chi connectivity index (χ1) is 15.0. The SMILES string of the molecule is CCOCCOc1ccc(S(=O)(=O)Nc2ccccc2CN(C)C2CCCCC2)cc1. The average molecular weight is 447 g/mol. The zero-order valence-corrected chi connectivity index (χ0v) is 19.4. The van der Waals surface area contributed by atoms with Gasteiger partial charge in [-0.05, 0) is 62.7 Å². The van der Waals surface area contributed by atoms with Crippen LogP contribution in [-0.4, -0.2) is 46.2 Å². The summed E-state index contributed by atoms with van der Waals surface area (Å²) in [5.74, 6) is 0.619. The van der Waals surface area contributed by atoms with Crippen LogP contribution in [0.25, 0.3) is 0 Å². The number of sulfonamides is 1. The van der Waals surface area contributed by atoms with Crippen molar-refractivity contribution in [3.8, 4) is 5.75 Å². The molecule has 0 atom stereocenters. The Morgan fingerprint density at radius 2 is 1.71 bits per heavy atom. The van der Waals surface area contributed by atoms with Crippen LogP contribution in [0.15, 0.2) is 53.4 Å². The van der Waals surface area contributed by atoms with Crippen LogP contribution >= 0.6 is 0 Å². The van der Waals surface area contributed by atoms with Crippen LogP contribution in [0.1, 0.15) is 44.6 Å². The molecule has 0 aromatic heterocycles. The van der Waals surface area contributed by atoms with Crippen molar-refractivity contribution in [2.45, 2.75) is 56.5 Å². The molecule has 31 heavy (non-hydrogen) atoms. The van der Waals surface area contributed by atoms with E-state index in [2.05, 4.69) is 16.7 Å². The Morgan fingerprint density at radius 1 is 1.00 bits per heavy atom. The van der Waals surface area contributed by atoms with Gasteiger partial charge in [0.05, 0.1) is 17.2 Å². The first-order valence-electron chi connectivity index (χ1n) is 11.1. The third-order valence-corrected chi connectivity index (χ3v) is 7.10. The first-order valence-corrected chi connectivity index (χ1v) is 12.6. The lowest BCUT2D eigenvalue weighted by molar-refractivity contribution is 0.110. The van der Waals surface area contributed by atoms with Gasteiger partial charge < -0.3 is 9.47 Å². The summed E-state index contributed by atoms with van der Waals surface area (Å²) in [7, 11) is -1.56. The van der Waals surface area contributed by atoms with Crippen molar-refractivity contribution in [3.05, 3.63) is 54.1 Å². The molecule has 0 bridgehead atoms. The number of ether oxygens (including phenoxy) is 2. The van der Waals surface area contributed by atoms with E-state index in [1.54, 1.807) is 24.3 Å². The van der Waals surface area contributed by atoms with Crippen LogP contribution in [0.3, 0.4) is 0 Å². The number of hydrogen-bond donors (Lipinski definition) is 1. The molecular weight excluding hydrogens is 412 g/mol. The second-order valence-electron chi connectivity index (χ2n) is 7.99. The van der Waals surface area contributed by atoms with E-state index in [4.69, 9.17) is 9.47 Å². The van der Waals surface area contributed by atoms with Crippen LogP contribution in [0.4, 0.5) is 5.69 Å². The monoisotopic (exact) mass is 446 g/mol. The summed E-state index contributed by atoms with van der Waals surface area (Å²) in [5, 5.41) is 0. The van der Waals surface area contributed by atoms with E-state index < -0.39 is 10.0 Å². The largest absolute Gasteiger partial charge is 0.491 e. The molecular formula is C24H34N2O4S. The van der Waals surface area contributed by atoms with E-state index in [9.17, 15) is 8.42 Å². The Bertz CT molecular complexity index is 909. The summed E-state index contributed by atoms with van der Waals surface area (Å²) in [6.07, 6.45) is 6.28. The minimum Gasteiger partial charge on any atom is -0.491 e. The van der Waals surface area contributed by atoms with Crippen LogP contribution < -0.4 is 9.46 Å². The Kier molecular flexibility index (Phi) is 8.75. The highest BCUT2D eigenvalue weighted by Gasteiger charge is 2.20. The molecule has 0 radical (unpaired) electrons. The third kappa shape index (κ3) is 6.95. The van der Waals surface area contributed by atoms with Crippen molar-refractivity contribution >= 4 is 15.7 Å². The number of rotatable bonds is 11. The van der Waals surface area contributed by atoms with Gasteiger partial charge in [0.15, 0.2) is 0 Å². The van der Waals surface area contributed by atoms with Crippen molar-refractivity contribution in [2.24, 2.45) is 0 Å². The summed E-state index contributed by atoms with van der Waals surface area (Å²) in [5.41, 5.74) is 1.61. The Hall–Kier alpha value is -2.09. The molecule has 3 rings (SSSR count). The molecule has 1 aliphatic rings. The normalized spacial score (nSPS) is 15.2. The van der Waals surface area contributed by atoms with Crippen molar-refractivity contribution in [2.75, 3.05) is 31.6 Å². The highest BCUT2D eigenvalue weighted by Crippen LogP contribution is 2.26. The molecule has 1 N–H and O–H groups in total. The standard InChI is InChI=1S/C24H34N2O4S/c1-3-29-17-18-30-22-13-15-23(16-14-22)31(27,28)25-24-12-8-7-9-20(24)19-26(2)21-10-5-4-6-11-21/h7-9,12-16,21,25H,3-6,10-11,17-19H2,1-2H3. The van der Waals surface area contributed by atoms with E-state index in [0.29, 0.717) is 37.3 Å². The molecule has 1 fully saturated rings. The van der Waals surface area contributed by atoms with Gasteiger partial charge in [0, 0.05) is 19.2 Å². The van der Waals surface area contributed by atoms with E-state index in [1.165, 1.54) is 32.1 Å². The molecule has 2 aromatic carbocycles. The van der Waals surface area contributed by atoms with Gasteiger partial charge >= 0.3 is 0 Å². The predicted molar refractivity (Wildman–Crippen MR) is 124 cm³/mol. The lowest BCUT2D eigenvalue weighted by Crippen LogP contribution is -2.33. The van der Waals surface area contributed by atoms with Gasteiger partial charge in [0.1, 0.15) is 12.4 Å². The minimum absolute atomic E-state index is 0.208. The summed E-state index contributed by atoms with van der Waals surface area (Å²) >= 11 is 0. The topological polar surface area (TPSA) is 67.9 Å². The molecule has 7 heteroatoms. The average Bonchev–Trinajstić information content (AvgIpc) is 2.79. The van der Waals surface area contributed by atoms with Crippen molar-refractivity contribution in [1.29, 1.82) is 0 Å². The van der Waals surface area contributed by atoms with Gasteiger partial charge in [-0.2, -0.15) is 0 Å². The summed E-state index contributed by atoms with van der Waals surface area (Å²) in [4.78, 5) is 2.56. The lowest BCUT2D eigenvalue weighted by Gasteiger charge is -2.31. The van der Waals surface area contributed by atoms with Crippen molar-refractivity contribution in [1.82, 2.24) is 4.90 Å². The van der Waals surface area contributed by atoms with E-state index in [1.807, 2.05) is 31.2 Å². The van der Waals surface area contributed by atoms with E-state index in [-0.39, 0.29) is 4.90 Å². The quantitative estimate of drug-likeness (QED) is 0.508. The Labute approximate surface area is 186 Å². The fourth-order valence-electron chi connectivity index (χ4n) is 3.96. The van der Waals surface area contributed by atoms with Crippen molar-refractivity contribution < 1.29 is 17.9 Å². The molecule has 0 amide bonds. The molecule has 0 heterocycles. The molecule has 0 saturated heterocycles. The highest BCUT2D eigenvalue weighted by molar-refractivity contribution is 7.92. The van der Waals surface area contributed by atoms with Crippen LogP contribution in [0.5, 0.6) is 5.75 Å². The lowest BCUT2D eigenvalue weighted by atomic mass is 9.94. The predicted octanol–water partition coefficient (Wildman–Crippen LogP) is 4.67. The third-order valence-electron chi connectivity index (χ3n) is 5.71. The van der Waals surface area contributed by atoms with Crippen LogP contribution in [0, 0.1) is 0 Å². The molecule has 1 saturated carbocycles. The zero-order valence-electron chi connectivity index (χ0n) is 18.5. The van der Waals surface area contributed by atoms with Crippen LogP contribution in [-0.2, 0) is 21.3 Å². The number of nitrogens with zero attached hydrogens (tertiary/aromatic N) is 1. The number of anilines is 1. The first kappa shape index (κ1) is 23.6. The maximum Gasteiger partial charge on any atom is 0.261 e. The smallest absolute Gasteiger partial charge is 0.261 e. The molecule has 170 valence electrons. The fourth-order valence-corrected chi connectivity index (χ4v) is 5.06. The van der Waals surface area contributed by atoms with Gasteiger partial charge in [0.2, 0.25) is 0 Å². The Balaban J connectivity index is 1.65. The zero-order chi connectivity index (χ0) is 22.1. The van der Waals surface area contributed by atoms with Crippen molar-refractivity contribution in [3.63, 3.8) is 0 Å². The molecule has 1 aliphatic carbocycles. The van der Waals surface area contributed by atoms with Crippen LogP contribution in [0.2, 0.25) is 0 Å². The van der Waals surface area contributed by atoms with Gasteiger partial charge in [0.25, 0.3) is 10.0 Å². The molecule has 0 aliphatic heterocycles. The molecule has 6 nitrogen and oxygen atoms in total. The summed E-state index contributed by atoms with van der Waals surface area (Å²) in [6, 6.07) is 14.7. The maximum atomic E-state index is 13.0. The number of hydrogen-bond acceptors (Lipinski definition) is 5. The number of para-hydroxylation sites is 1. The molecule has 0 spiro atoms.